The van der Waals surface area contributed by atoms with E-state index in [4.69, 9.17) is 0 Å². The molecule has 5 nitrogen and oxygen atoms in total. The molecule has 1 heterocycles. The monoisotopic (exact) mass is 397 g/mol. The minimum absolute atomic E-state index is 0.250. The number of hydrogen-bond donors (Lipinski definition) is 2. The van der Waals surface area contributed by atoms with Gasteiger partial charge >= 0.3 is 12.2 Å². The van der Waals surface area contributed by atoms with Gasteiger partial charge in [-0.2, -0.15) is 13.2 Å². The average Bonchev–Trinajstić information content (AvgIpc) is 2.57. The number of urea groups is 1. The molecule has 1 atom stereocenters. The van der Waals surface area contributed by atoms with Gasteiger partial charge in [-0.15, -0.1) is 0 Å². The molecule has 144 valence electrons. The number of carbonyl (C=O) groups excluding carboxylic acids is 2. The quantitative estimate of drug-likeness (QED) is 0.743. The Bertz CT molecular complexity index is 839. The van der Waals surface area contributed by atoms with Crippen molar-refractivity contribution in [1.82, 2.24) is 10.3 Å². The maximum Gasteiger partial charge on any atom is 0.417 e. The van der Waals surface area contributed by atoms with Crippen molar-refractivity contribution in [2.24, 2.45) is 0 Å². The Hall–Kier alpha value is -2.55. The number of anilines is 1. The Morgan fingerprint density at radius 3 is 2.41 bits per heavy atom. The van der Waals surface area contributed by atoms with Crippen LogP contribution in [0.5, 0.6) is 0 Å². The second-order valence-corrected chi connectivity index (χ2v) is 7.27. The van der Waals surface area contributed by atoms with Gasteiger partial charge in [0.1, 0.15) is 0 Å². The van der Waals surface area contributed by atoms with E-state index in [0.29, 0.717) is 11.9 Å². The molecular formula is C18H18F3N3O2S. The van der Waals surface area contributed by atoms with Gasteiger partial charge < -0.3 is 5.32 Å². The van der Waals surface area contributed by atoms with Crippen molar-refractivity contribution in [3.05, 3.63) is 53.2 Å². The van der Waals surface area contributed by atoms with Crippen LogP contribution in [0.1, 0.15) is 23.6 Å². The fourth-order valence-corrected chi connectivity index (χ4v) is 2.96. The van der Waals surface area contributed by atoms with Crippen LogP contribution < -0.4 is 10.6 Å². The Balaban J connectivity index is 1.92. The maximum absolute atomic E-state index is 12.5. The van der Waals surface area contributed by atoms with Crippen LogP contribution in [0.25, 0.3) is 0 Å². The summed E-state index contributed by atoms with van der Waals surface area (Å²) < 4.78 is 37.6. The summed E-state index contributed by atoms with van der Waals surface area (Å²) in [7, 11) is 0. The van der Waals surface area contributed by atoms with Crippen molar-refractivity contribution in [2.75, 3.05) is 5.32 Å². The topological polar surface area (TPSA) is 71.1 Å². The Morgan fingerprint density at radius 1 is 1.15 bits per heavy atom. The highest BCUT2D eigenvalue weighted by Gasteiger charge is 2.30. The summed E-state index contributed by atoms with van der Waals surface area (Å²) in [4.78, 5) is 27.8. The summed E-state index contributed by atoms with van der Waals surface area (Å²) in [5, 5.41) is 4.33. The molecule has 0 aliphatic heterocycles. The number of alkyl halides is 3. The summed E-state index contributed by atoms with van der Waals surface area (Å²) in [6.45, 7) is 5.29. The first kappa shape index (κ1) is 20.8. The van der Waals surface area contributed by atoms with Crippen molar-refractivity contribution >= 4 is 29.4 Å². The normalized spacial score (nSPS) is 12.4. The van der Waals surface area contributed by atoms with E-state index in [9.17, 15) is 22.8 Å². The van der Waals surface area contributed by atoms with Gasteiger partial charge in [0.15, 0.2) is 0 Å². The Kier molecular flexibility index (Phi) is 6.48. The molecule has 0 aliphatic rings. The molecule has 2 rings (SSSR count). The van der Waals surface area contributed by atoms with Gasteiger partial charge in [-0.05, 0) is 44.5 Å². The number of benzene rings is 1. The first-order chi connectivity index (χ1) is 12.6. The van der Waals surface area contributed by atoms with Gasteiger partial charge in [-0.1, -0.05) is 29.5 Å². The molecular weight excluding hydrogens is 379 g/mol. The summed E-state index contributed by atoms with van der Waals surface area (Å²) in [5.41, 5.74) is 1.62. The number of pyridine rings is 1. The molecule has 1 aromatic heterocycles. The molecule has 0 radical (unpaired) electrons. The lowest BCUT2D eigenvalue weighted by Gasteiger charge is -2.13. The van der Waals surface area contributed by atoms with Crippen molar-refractivity contribution in [3.63, 3.8) is 0 Å². The van der Waals surface area contributed by atoms with E-state index in [1.807, 2.05) is 26.0 Å². The third-order valence-electron chi connectivity index (χ3n) is 3.60. The van der Waals surface area contributed by atoms with Gasteiger partial charge in [0, 0.05) is 11.9 Å². The zero-order valence-electron chi connectivity index (χ0n) is 14.8. The van der Waals surface area contributed by atoms with E-state index in [1.165, 1.54) is 13.0 Å². The van der Waals surface area contributed by atoms with Gasteiger partial charge in [-0.3, -0.25) is 10.1 Å². The summed E-state index contributed by atoms with van der Waals surface area (Å²) in [6, 6.07) is 6.87. The van der Waals surface area contributed by atoms with Crippen LogP contribution >= 0.6 is 11.8 Å². The van der Waals surface area contributed by atoms with Crippen LogP contribution in [-0.2, 0) is 11.0 Å². The lowest BCUT2D eigenvalue weighted by Crippen LogP contribution is -2.39. The second-order valence-electron chi connectivity index (χ2n) is 5.90. The number of rotatable bonds is 4. The third-order valence-corrected chi connectivity index (χ3v) is 4.65. The van der Waals surface area contributed by atoms with E-state index < -0.39 is 28.9 Å². The van der Waals surface area contributed by atoms with E-state index in [0.717, 1.165) is 29.0 Å². The largest absolute Gasteiger partial charge is 0.417 e. The van der Waals surface area contributed by atoms with E-state index in [-0.39, 0.29) is 5.03 Å². The molecule has 0 spiro atoms. The number of imide groups is 1. The van der Waals surface area contributed by atoms with Crippen molar-refractivity contribution in [2.45, 2.75) is 37.2 Å². The fourth-order valence-electron chi connectivity index (χ4n) is 2.17. The van der Waals surface area contributed by atoms with Crippen LogP contribution in [0.4, 0.5) is 23.7 Å². The first-order valence-electron chi connectivity index (χ1n) is 7.95. The van der Waals surface area contributed by atoms with E-state index in [2.05, 4.69) is 15.6 Å². The van der Waals surface area contributed by atoms with Crippen LogP contribution in [0, 0.1) is 13.8 Å². The van der Waals surface area contributed by atoms with Gasteiger partial charge in [0.2, 0.25) is 5.91 Å². The fraction of sp³-hybridized carbons (Fsp3) is 0.278. The van der Waals surface area contributed by atoms with Gasteiger partial charge in [0.25, 0.3) is 0 Å². The van der Waals surface area contributed by atoms with Crippen LogP contribution in [-0.4, -0.2) is 22.2 Å². The van der Waals surface area contributed by atoms with E-state index in [1.54, 1.807) is 6.07 Å². The lowest BCUT2D eigenvalue weighted by atomic mass is 10.1. The minimum Gasteiger partial charge on any atom is -0.307 e. The number of carbonyl (C=O) groups is 2. The first-order valence-corrected chi connectivity index (χ1v) is 8.83. The summed E-state index contributed by atoms with van der Waals surface area (Å²) in [6.07, 6.45) is -3.76. The van der Waals surface area contributed by atoms with Crippen molar-refractivity contribution < 1.29 is 22.8 Å². The number of halogens is 3. The predicted molar refractivity (Wildman–Crippen MR) is 97.6 cm³/mol. The lowest BCUT2D eigenvalue weighted by molar-refractivity contribution is -0.137. The zero-order valence-corrected chi connectivity index (χ0v) is 15.7. The molecule has 0 fully saturated rings. The number of thioether (sulfide) groups is 1. The van der Waals surface area contributed by atoms with E-state index >= 15 is 0 Å². The number of hydrogen-bond acceptors (Lipinski definition) is 4. The highest BCUT2D eigenvalue weighted by atomic mass is 32.2. The van der Waals surface area contributed by atoms with Crippen molar-refractivity contribution in [1.29, 1.82) is 0 Å². The molecule has 0 bridgehead atoms. The number of nitrogens with one attached hydrogen (secondary N) is 2. The van der Waals surface area contributed by atoms with Crippen LogP contribution in [0.15, 0.2) is 41.6 Å². The molecule has 0 saturated heterocycles. The summed E-state index contributed by atoms with van der Waals surface area (Å²) >= 11 is 0.954. The Morgan fingerprint density at radius 2 is 1.85 bits per heavy atom. The molecule has 1 unspecified atom stereocenters. The number of amides is 3. The van der Waals surface area contributed by atoms with Crippen LogP contribution in [0.3, 0.4) is 0 Å². The predicted octanol–water partition coefficient (Wildman–Crippen LogP) is 4.55. The number of nitrogens with zero attached hydrogens (tertiary/aromatic N) is 1. The highest BCUT2D eigenvalue weighted by molar-refractivity contribution is 8.00. The molecule has 0 aliphatic carbocycles. The zero-order chi connectivity index (χ0) is 20.2. The SMILES string of the molecule is Cc1ccc(NC(=O)NC(=O)C(C)Sc2ccc(C(F)(F)F)cn2)c(C)c1. The second kappa shape index (κ2) is 8.43. The molecule has 0 saturated carbocycles. The average molecular weight is 397 g/mol. The molecule has 9 heteroatoms. The molecule has 2 aromatic rings. The van der Waals surface area contributed by atoms with Gasteiger partial charge in [0.05, 0.1) is 15.8 Å². The number of aromatic nitrogens is 1. The number of aryl methyl sites for hydroxylation is 2. The minimum atomic E-state index is -4.47. The van der Waals surface area contributed by atoms with Gasteiger partial charge in [-0.25, -0.2) is 9.78 Å². The standard InChI is InChI=1S/C18H18F3N3O2S/c1-10-4-6-14(11(2)8-10)23-17(26)24-16(25)12(3)27-15-7-5-13(9-22-15)18(19,20)21/h4-9,12H,1-3H3,(H2,23,24,25,26). The molecule has 1 aromatic carbocycles. The van der Waals surface area contributed by atoms with Crippen LogP contribution in [0.2, 0.25) is 0 Å². The smallest absolute Gasteiger partial charge is 0.307 e. The van der Waals surface area contributed by atoms with Crippen molar-refractivity contribution in [3.8, 4) is 0 Å². The summed E-state index contributed by atoms with van der Waals surface area (Å²) in [5.74, 6) is -0.580. The third kappa shape index (κ3) is 5.99. The molecule has 3 amide bonds. The molecule has 27 heavy (non-hydrogen) atoms. The molecule has 2 N–H and O–H groups in total. The maximum atomic E-state index is 12.5. The highest BCUT2D eigenvalue weighted by Crippen LogP contribution is 2.30. The Labute approximate surface area is 158 Å².